The second-order valence-electron chi connectivity index (χ2n) is 3.75. The second-order valence-corrected chi connectivity index (χ2v) is 3.75. The van der Waals surface area contributed by atoms with Gasteiger partial charge in [0.1, 0.15) is 0 Å². The molecule has 0 saturated carbocycles. The molecule has 0 heterocycles. The third-order valence-corrected chi connectivity index (χ3v) is 2.09. The van der Waals surface area contributed by atoms with Gasteiger partial charge in [-0.2, -0.15) is 0 Å². The number of carboxylic acid groups (broad SMARTS) is 2. The van der Waals surface area contributed by atoms with E-state index in [1.54, 1.807) is 6.08 Å². The van der Waals surface area contributed by atoms with Crippen LogP contribution in [0.5, 0.6) is 0 Å². The van der Waals surface area contributed by atoms with E-state index in [0.717, 1.165) is 12.8 Å². The van der Waals surface area contributed by atoms with Gasteiger partial charge in [0.2, 0.25) is 0 Å². The largest absolute Gasteiger partial charge is 0.478 e. The number of hydrogen-bond acceptors (Lipinski definition) is 2. The van der Waals surface area contributed by atoms with Gasteiger partial charge >= 0.3 is 11.9 Å². The van der Waals surface area contributed by atoms with Crippen LogP contribution in [0.4, 0.5) is 0 Å². The molecule has 18 heavy (non-hydrogen) atoms. The quantitative estimate of drug-likeness (QED) is 0.514. The van der Waals surface area contributed by atoms with E-state index in [9.17, 15) is 9.59 Å². The van der Waals surface area contributed by atoms with Gasteiger partial charge < -0.3 is 10.2 Å². The Labute approximate surface area is 108 Å². The number of carboxylic acids is 2. The van der Waals surface area contributed by atoms with Crippen LogP contribution in [-0.4, -0.2) is 22.2 Å². The first-order chi connectivity index (χ1) is 8.36. The van der Waals surface area contributed by atoms with E-state index in [2.05, 4.69) is 19.7 Å². The maximum absolute atomic E-state index is 10.1. The summed E-state index contributed by atoms with van der Waals surface area (Å²) in [6.45, 7) is 12.2. The number of hydrogen-bond donors (Lipinski definition) is 2. The number of carbonyl (C=O) groups is 2. The third-order valence-electron chi connectivity index (χ3n) is 2.09. The first-order valence-electron chi connectivity index (χ1n) is 5.79. The summed E-state index contributed by atoms with van der Waals surface area (Å²) in [5, 5.41) is 16.6. The van der Waals surface area contributed by atoms with Crippen molar-refractivity contribution in [3.05, 3.63) is 37.0 Å². The second kappa shape index (κ2) is 11.6. The molecule has 0 fully saturated rings. The lowest BCUT2D eigenvalue weighted by molar-refractivity contribution is -0.133. The van der Waals surface area contributed by atoms with Gasteiger partial charge in [-0.15, -0.1) is 6.58 Å². The van der Waals surface area contributed by atoms with E-state index in [0.29, 0.717) is 24.8 Å². The number of allylic oxidation sites excluding steroid dienone is 1. The molecular formula is C14H22O4. The van der Waals surface area contributed by atoms with Gasteiger partial charge in [-0.05, 0) is 25.7 Å². The summed E-state index contributed by atoms with van der Waals surface area (Å²) < 4.78 is 0. The molecule has 0 bridgehead atoms. The average Bonchev–Trinajstić information content (AvgIpc) is 2.33. The molecule has 4 heteroatoms. The van der Waals surface area contributed by atoms with Gasteiger partial charge in [0.05, 0.1) is 0 Å². The smallest absolute Gasteiger partial charge is 0.330 e. The van der Waals surface area contributed by atoms with Crippen LogP contribution in [0.2, 0.25) is 0 Å². The van der Waals surface area contributed by atoms with Crippen LogP contribution in [0.3, 0.4) is 0 Å². The molecule has 0 rings (SSSR count). The van der Waals surface area contributed by atoms with Crippen LogP contribution < -0.4 is 0 Å². The zero-order valence-corrected chi connectivity index (χ0v) is 10.9. The fourth-order valence-electron chi connectivity index (χ4n) is 0.880. The predicted octanol–water partition coefficient (Wildman–Crippen LogP) is 3.41. The number of aliphatic carboxylic acids is 2. The van der Waals surface area contributed by atoms with Crippen LogP contribution >= 0.6 is 0 Å². The Balaban J connectivity index is 0. The molecule has 0 amide bonds. The van der Waals surface area contributed by atoms with E-state index in [1.807, 2.05) is 6.92 Å². The predicted molar refractivity (Wildman–Crippen MR) is 72.5 cm³/mol. The molecule has 102 valence electrons. The number of unbranched alkanes of at least 4 members (excludes halogenated alkanes) is 1. The van der Waals surface area contributed by atoms with Crippen LogP contribution in [0.15, 0.2) is 37.0 Å². The van der Waals surface area contributed by atoms with Crippen LogP contribution in [0.1, 0.15) is 39.0 Å². The number of rotatable bonds is 8. The molecule has 0 saturated heterocycles. The molecule has 0 atom stereocenters. The maximum Gasteiger partial charge on any atom is 0.330 e. The molecule has 0 aromatic rings. The van der Waals surface area contributed by atoms with Crippen LogP contribution in [-0.2, 0) is 9.59 Å². The Hall–Kier alpha value is -1.84. The minimum atomic E-state index is -0.920. The van der Waals surface area contributed by atoms with E-state index < -0.39 is 11.9 Å². The monoisotopic (exact) mass is 254 g/mol. The van der Waals surface area contributed by atoms with Crippen LogP contribution in [0, 0.1) is 0 Å². The van der Waals surface area contributed by atoms with E-state index in [-0.39, 0.29) is 5.57 Å². The van der Waals surface area contributed by atoms with E-state index >= 15 is 0 Å². The van der Waals surface area contributed by atoms with Crippen molar-refractivity contribution < 1.29 is 19.8 Å². The van der Waals surface area contributed by atoms with Gasteiger partial charge in [-0.3, -0.25) is 0 Å². The summed E-state index contributed by atoms with van der Waals surface area (Å²) in [5.41, 5.74) is 0.562. The normalized spacial score (nSPS) is 8.72. The summed E-state index contributed by atoms with van der Waals surface area (Å²) >= 11 is 0. The lowest BCUT2D eigenvalue weighted by atomic mass is 10.1. The molecule has 4 nitrogen and oxygen atoms in total. The van der Waals surface area contributed by atoms with Gasteiger partial charge in [0, 0.05) is 11.1 Å². The highest BCUT2D eigenvalue weighted by Crippen LogP contribution is 2.03. The highest BCUT2D eigenvalue weighted by molar-refractivity contribution is 5.86. The Morgan fingerprint density at radius 1 is 1.06 bits per heavy atom. The van der Waals surface area contributed by atoms with Crippen molar-refractivity contribution in [3.8, 4) is 0 Å². The molecule has 2 N–H and O–H groups in total. The van der Waals surface area contributed by atoms with E-state index in [4.69, 9.17) is 10.2 Å². The lowest BCUT2D eigenvalue weighted by Crippen LogP contribution is -1.97. The fourth-order valence-corrected chi connectivity index (χ4v) is 0.880. The molecule has 0 aromatic heterocycles. The van der Waals surface area contributed by atoms with Crippen molar-refractivity contribution in [2.75, 3.05) is 0 Å². The van der Waals surface area contributed by atoms with Gasteiger partial charge in [-0.1, -0.05) is 32.6 Å². The maximum atomic E-state index is 10.1. The third kappa shape index (κ3) is 12.2. The topological polar surface area (TPSA) is 74.6 Å². The average molecular weight is 254 g/mol. The molecule has 0 spiro atoms. The van der Waals surface area contributed by atoms with Crippen molar-refractivity contribution in [2.24, 2.45) is 0 Å². The molecule has 0 aliphatic heterocycles. The highest BCUT2D eigenvalue weighted by Gasteiger charge is 2.00. The molecule has 0 aromatic carbocycles. The minimum absolute atomic E-state index is 0.245. The Morgan fingerprint density at radius 2 is 1.50 bits per heavy atom. The highest BCUT2D eigenvalue weighted by atomic mass is 16.4. The van der Waals surface area contributed by atoms with E-state index in [1.165, 1.54) is 0 Å². The standard InChI is InChI=1S/C7H12O2.C7H10O2/c2*1-3-4-5-6(2)7(8)9/h2-5H2,1H3,(H,8,9);3H,1-2,4-5H2,(H,8,9). The van der Waals surface area contributed by atoms with Crippen molar-refractivity contribution in [3.63, 3.8) is 0 Å². The Kier molecular flexibility index (Phi) is 12.0. The zero-order chi connectivity index (χ0) is 14.6. The fraction of sp³-hybridized carbons (Fsp3) is 0.429. The first-order valence-corrected chi connectivity index (χ1v) is 5.79. The lowest BCUT2D eigenvalue weighted by Gasteiger charge is -1.95. The molecular weight excluding hydrogens is 232 g/mol. The molecule has 0 radical (unpaired) electrons. The summed E-state index contributed by atoms with van der Waals surface area (Å²) in [6, 6.07) is 0. The van der Waals surface area contributed by atoms with Gasteiger partial charge in [0.15, 0.2) is 0 Å². The zero-order valence-electron chi connectivity index (χ0n) is 10.9. The summed E-state index contributed by atoms with van der Waals surface area (Å²) in [4.78, 5) is 20.2. The van der Waals surface area contributed by atoms with Gasteiger partial charge in [-0.25, -0.2) is 9.59 Å². The first kappa shape index (κ1) is 18.5. The molecule has 0 aliphatic carbocycles. The SMILES string of the molecule is C=C(CCCC)C(=O)O.C=CCCC(=C)C(=O)O. The van der Waals surface area contributed by atoms with Crippen molar-refractivity contribution in [2.45, 2.75) is 39.0 Å². The van der Waals surface area contributed by atoms with Crippen molar-refractivity contribution >= 4 is 11.9 Å². The molecule has 0 unspecified atom stereocenters. The van der Waals surface area contributed by atoms with Crippen molar-refractivity contribution in [1.82, 2.24) is 0 Å². The van der Waals surface area contributed by atoms with Crippen LogP contribution in [0.25, 0.3) is 0 Å². The van der Waals surface area contributed by atoms with Crippen molar-refractivity contribution in [1.29, 1.82) is 0 Å². The minimum Gasteiger partial charge on any atom is -0.478 e. The Bertz CT molecular complexity index is 316. The molecule has 0 aliphatic rings. The summed E-state index contributed by atoms with van der Waals surface area (Å²) in [7, 11) is 0. The Morgan fingerprint density at radius 3 is 1.83 bits per heavy atom. The summed E-state index contributed by atoms with van der Waals surface area (Å²) in [6.07, 6.45) is 5.42. The van der Waals surface area contributed by atoms with Gasteiger partial charge in [0.25, 0.3) is 0 Å². The summed E-state index contributed by atoms with van der Waals surface area (Å²) in [5.74, 6) is -1.79.